The SMILES string of the molecule is COc1ccc(-c2cn(CCc3nc4c(C)c(C)ccc4[nH]3)nn2)cn1. The van der Waals surface area contributed by atoms with Crippen molar-refractivity contribution in [1.82, 2.24) is 29.9 Å². The zero-order valence-electron chi connectivity index (χ0n) is 15.0. The predicted molar refractivity (Wildman–Crippen MR) is 99.1 cm³/mol. The van der Waals surface area contributed by atoms with Crippen LogP contribution in [-0.4, -0.2) is 37.1 Å². The summed E-state index contributed by atoms with van der Waals surface area (Å²) in [6, 6.07) is 7.93. The molecule has 0 aliphatic heterocycles. The van der Waals surface area contributed by atoms with Gasteiger partial charge in [0.05, 0.1) is 24.3 Å². The summed E-state index contributed by atoms with van der Waals surface area (Å²) in [5.74, 6) is 1.54. The minimum absolute atomic E-state index is 0.580. The number of nitrogens with zero attached hydrogens (tertiary/aromatic N) is 5. The van der Waals surface area contributed by atoms with E-state index in [0.29, 0.717) is 12.4 Å². The van der Waals surface area contributed by atoms with Gasteiger partial charge in [0.15, 0.2) is 0 Å². The molecule has 0 spiro atoms. The van der Waals surface area contributed by atoms with Gasteiger partial charge in [-0.15, -0.1) is 5.10 Å². The molecule has 0 amide bonds. The molecule has 3 heterocycles. The maximum absolute atomic E-state index is 5.08. The highest BCUT2D eigenvalue weighted by Gasteiger charge is 2.09. The second kappa shape index (κ2) is 6.59. The van der Waals surface area contributed by atoms with Crippen LogP contribution in [0.15, 0.2) is 36.7 Å². The van der Waals surface area contributed by atoms with Gasteiger partial charge in [-0.25, -0.2) is 9.97 Å². The number of imidazole rings is 1. The molecule has 0 radical (unpaired) electrons. The van der Waals surface area contributed by atoms with Crippen molar-refractivity contribution in [3.63, 3.8) is 0 Å². The van der Waals surface area contributed by atoms with Gasteiger partial charge in [0.1, 0.15) is 11.5 Å². The normalized spacial score (nSPS) is 11.2. The fraction of sp³-hybridized carbons (Fsp3) is 0.263. The topological polar surface area (TPSA) is 81.5 Å². The summed E-state index contributed by atoms with van der Waals surface area (Å²) in [5.41, 5.74) is 6.29. The van der Waals surface area contributed by atoms with Gasteiger partial charge in [-0.3, -0.25) is 4.68 Å². The van der Waals surface area contributed by atoms with E-state index in [1.54, 1.807) is 13.3 Å². The minimum atomic E-state index is 0.580. The highest BCUT2D eigenvalue weighted by Crippen LogP contribution is 2.20. The summed E-state index contributed by atoms with van der Waals surface area (Å²) in [6.45, 7) is 4.91. The molecule has 0 unspecified atom stereocenters. The molecule has 1 N–H and O–H groups in total. The third kappa shape index (κ3) is 3.03. The smallest absolute Gasteiger partial charge is 0.212 e. The second-order valence-electron chi connectivity index (χ2n) is 6.29. The van der Waals surface area contributed by atoms with Gasteiger partial charge in [-0.1, -0.05) is 11.3 Å². The van der Waals surface area contributed by atoms with E-state index in [-0.39, 0.29) is 0 Å². The van der Waals surface area contributed by atoms with Crippen LogP contribution in [-0.2, 0) is 13.0 Å². The summed E-state index contributed by atoms with van der Waals surface area (Å²) >= 11 is 0. The van der Waals surface area contributed by atoms with Gasteiger partial charge in [-0.2, -0.15) is 0 Å². The van der Waals surface area contributed by atoms with Gasteiger partial charge in [-0.05, 0) is 37.1 Å². The van der Waals surface area contributed by atoms with Crippen molar-refractivity contribution in [3.05, 3.63) is 53.6 Å². The Morgan fingerprint density at radius 1 is 1.15 bits per heavy atom. The summed E-state index contributed by atoms with van der Waals surface area (Å²) in [7, 11) is 1.60. The van der Waals surface area contributed by atoms with E-state index in [4.69, 9.17) is 9.72 Å². The van der Waals surface area contributed by atoms with Crippen LogP contribution < -0.4 is 4.74 Å². The van der Waals surface area contributed by atoms with E-state index in [1.165, 1.54) is 11.1 Å². The fourth-order valence-corrected chi connectivity index (χ4v) is 2.90. The van der Waals surface area contributed by atoms with Crippen LogP contribution in [0.25, 0.3) is 22.3 Å². The Labute approximate surface area is 151 Å². The van der Waals surface area contributed by atoms with E-state index in [2.05, 4.69) is 46.3 Å². The van der Waals surface area contributed by atoms with Crippen molar-refractivity contribution in [3.8, 4) is 17.1 Å². The Morgan fingerprint density at radius 2 is 2.04 bits per heavy atom. The molecule has 0 aliphatic carbocycles. The van der Waals surface area contributed by atoms with Crippen molar-refractivity contribution in [1.29, 1.82) is 0 Å². The van der Waals surface area contributed by atoms with Crippen LogP contribution in [0.5, 0.6) is 5.88 Å². The number of aryl methyl sites for hydroxylation is 4. The van der Waals surface area contributed by atoms with E-state index in [1.807, 2.05) is 23.0 Å². The number of methoxy groups -OCH3 is 1. The number of pyridine rings is 1. The summed E-state index contributed by atoms with van der Waals surface area (Å²) < 4.78 is 6.90. The van der Waals surface area contributed by atoms with Crippen LogP contribution in [0.4, 0.5) is 0 Å². The first kappa shape index (κ1) is 16.3. The lowest BCUT2D eigenvalue weighted by molar-refractivity contribution is 0.398. The largest absolute Gasteiger partial charge is 0.481 e. The Kier molecular flexibility index (Phi) is 4.12. The summed E-state index contributed by atoms with van der Waals surface area (Å²) in [4.78, 5) is 12.3. The molecule has 4 aromatic rings. The maximum Gasteiger partial charge on any atom is 0.212 e. The number of ether oxygens (including phenoxy) is 1. The lowest BCUT2D eigenvalue weighted by Crippen LogP contribution is -2.03. The van der Waals surface area contributed by atoms with Crippen LogP contribution in [0.2, 0.25) is 0 Å². The Morgan fingerprint density at radius 3 is 2.81 bits per heavy atom. The van der Waals surface area contributed by atoms with Gasteiger partial charge in [0.2, 0.25) is 5.88 Å². The Balaban J connectivity index is 1.48. The van der Waals surface area contributed by atoms with Gasteiger partial charge >= 0.3 is 0 Å². The van der Waals surface area contributed by atoms with E-state index in [9.17, 15) is 0 Å². The average Bonchev–Trinajstić information content (AvgIpc) is 3.30. The maximum atomic E-state index is 5.08. The number of aromatic nitrogens is 6. The number of aromatic amines is 1. The number of hydrogen-bond donors (Lipinski definition) is 1. The van der Waals surface area contributed by atoms with E-state index in [0.717, 1.165) is 34.5 Å². The summed E-state index contributed by atoms with van der Waals surface area (Å²) in [6.07, 6.45) is 4.41. The Bertz CT molecular complexity index is 1050. The zero-order chi connectivity index (χ0) is 18.1. The lowest BCUT2D eigenvalue weighted by atomic mass is 10.1. The van der Waals surface area contributed by atoms with Crippen molar-refractivity contribution < 1.29 is 4.74 Å². The van der Waals surface area contributed by atoms with Crippen LogP contribution in [0, 0.1) is 13.8 Å². The quantitative estimate of drug-likeness (QED) is 0.599. The first-order valence-electron chi connectivity index (χ1n) is 8.49. The number of hydrogen-bond acceptors (Lipinski definition) is 5. The number of rotatable bonds is 5. The predicted octanol–water partition coefficient (Wildman–Crippen LogP) is 3.08. The molecule has 0 aliphatic rings. The van der Waals surface area contributed by atoms with Crippen molar-refractivity contribution in [2.24, 2.45) is 0 Å². The third-order valence-corrected chi connectivity index (χ3v) is 4.59. The molecule has 0 atom stereocenters. The molecular weight excluding hydrogens is 328 g/mol. The van der Waals surface area contributed by atoms with Crippen molar-refractivity contribution in [2.75, 3.05) is 7.11 Å². The highest BCUT2D eigenvalue weighted by molar-refractivity contribution is 5.79. The van der Waals surface area contributed by atoms with Crippen LogP contribution in [0.1, 0.15) is 17.0 Å². The van der Waals surface area contributed by atoms with Crippen LogP contribution >= 0.6 is 0 Å². The number of fused-ring (bicyclic) bond motifs is 1. The molecule has 4 rings (SSSR count). The number of benzene rings is 1. The van der Waals surface area contributed by atoms with Crippen molar-refractivity contribution in [2.45, 2.75) is 26.8 Å². The zero-order valence-corrected chi connectivity index (χ0v) is 15.0. The monoisotopic (exact) mass is 348 g/mol. The molecule has 0 saturated heterocycles. The molecule has 7 nitrogen and oxygen atoms in total. The molecule has 0 fully saturated rings. The minimum Gasteiger partial charge on any atom is -0.481 e. The van der Waals surface area contributed by atoms with E-state index >= 15 is 0 Å². The molecule has 7 heteroatoms. The average molecular weight is 348 g/mol. The first-order valence-corrected chi connectivity index (χ1v) is 8.49. The lowest BCUT2D eigenvalue weighted by Gasteiger charge is -1.99. The number of nitrogens with one attached hydrogen (secondary N) is 1. The molecule has 0 bridgehead atoms. The number of H-pyrrole nitrogens is 1. The second-order valence-corrected chi connectivity index (χ2v) is 6.29. The molecule has 26 heavy (non-hydrogen) atoms. The first-order chi connectivity index (χ1) is 12.6. The molecule has 0 saturated carbocycles. The van der Waals surface area contributed by atoms with Crippen molar-refractivity contribution >= 4 is 11.0 Å². The van der Waals surface area contributed by atoms with Gasteiger partial charge in [0, 0.05) is 30.8 Å². The summed E-state index contributed by atoms with van der Waals surface area (Å²) in [5, 5.41) is 8.43. The molecule has 1 aromatic carbocycles. The van der Waals surface area contributed by atoms with Crippen LogP contribution in [0.3, 0.4) is 0 Å². The molecular formula is C19H20N6O. The third-order valence-electron chi connectivity index (χ3n) is 4.59. The van der Waals surface area contributed by atoms with E-state index < -0.39 is 0 Å². The molecule has 132 valence electrons. The van der Waals surface area contributed by atoms with Gasteiger partial charge in [0.25, 0.3) is 0 Å². The van der Waals surface area contributed by atoms with Gasteiger partial charge < -0.3 is 9.72 Å². The standard InChI is InChI=1S/C19H20N6O/c1-12-4-6-15-19(13(12)2)22-17(21-15)8-9-25-11-16(23-24-25)14-5-7-18(26-3)20-10-14/h4-7,10-11H,8-9H2,1-3H3,(H,21,22). The molecule has 3 aromatic heterocycles. The fourth-order valence-electron chi connectivity index (χ4n) is 2.90. The highest BCUT2D eigenvalue weighted by atomic mass is 16.5. The Hall–Kier alpha value is -3.22.